The van der Waals surface area contributed by atoms with Crippen LogP contribution in [0.2, 0.25) is 0 Å². The molecule has 0 saturated heterocycles. The number of ether oxygens (including phenoxy) is 3. The summed E-state index contributed by atoms with van der Waals surface area (Å²) in [7, 11) is 3.76. The van der Waals surface area contributed by atoms with Crippen LogP contribution in [0.4, 0.5) is 0 Å². The Balaban J connectivity index is 0.000000386. The second-order valence-electron chi connectivity index (χ2n) is 13.8. The summed E-state index contributed by atoms with van der Waals surface area (Å²) < 4.78 is 29.6. The Morgan fingerprint density at radius 2 is 1.11 bits per heavy atom. The largest absolute Gasteiger partial charge is 0.508 e. The van der Waals surface area contributed by atoms with Crippen molar-refractivity contribution >= 4 is 17.6 Å². The molecule has 3 unspecified atom stereocenters. The summed E-state index contributed by atoms with van der Waals surface area (Å²) in [5.74, 6) is 4.39. The summed E-state index contributed by atoms with van der Waals surface area (Å²) in [6.07, 6.45) is 0. The Bertz CT molecular complexity index is 1560. The summed E-state index contributed by atoms with van der Waals surface area (Å²) in [6.45, 7) is 19.1. The van der Waals surface area contributed by atoms with E-state index in [9.17, 15) is 5.11 Å². The van der Waals surface area contributed by atoms with Gasteiger partial charge < -0.3 is 28.4 Å². The molecule has 0 spiro atoms. The molecule has 0 radical (unpaired) electrons. The molecule has 4 aromatic carbocycles. The molecule has 254 valence electrons. The van der Waals surface area contributed by atoms with E-state index in [0.717, 1.165) is 45.4 Å². The van der Waals surface area contributed by atoms with Crippen LogP contribution in [0.25, 0.3) is 11.1 Å². The van der Waals surface area contributed by atoms with Crippen molar-refractivity contribution in [2.45, 2.75) is 78.7 Å². The lowest BCUT2D eigenvalue weighted by atomic mass is 9.86. The Labute approximate surface area is 285 Å². The highest BCUT2D eigenvalue weighted by Crippen LogP contribution is 2.50. The maximum atomic E-state index is 9.61. The van der Waals surface area contributed by atoms with Crippen molar-refractivity contribution in [2.75, 3.05) is 14.2 Å². The molecular formula is C39H52O6P2. The average molecular weight is 679 g/mol. The third-order valence-corrected chi connectivity index (χ3v) is 10.0. The normalized spacial score (nSPS) is 13.3. The van der Waals surface area contributed by atoms with E-state index in [2.05, 4.69) is 74.4 Å². The lowest BCUT2D eigenvalue weighted by Crippen LogP contribution is -2.41. The zero-order valence-corrected chi connectivity index (χ0v) is 31.7. The summed E-state index contributed by atoms with van der Waals surface area (Å²) >= 11 is 0. The number of phenolic OH excluding ortho intramolecular Hbond substituents is 1. The third-order valence-electron chi connectivity index (χ3n) is 7.65. The van der Waals surface area contributed by atoms with Crippen LogP contribution in [-0.2, 0) is 5.41 Å². The van der Waals surface area contributed by atoms with Crippen LogP contribution in [0.15, 0.2) is 91.0 Å². The molecule has 0 bridgehead atoms. The Hall–Kier alpha value is -3.46. The molecule has 0 aliphatic rings. The number of hydrogen-bond acceptors (Lipinski definition) is 6. The number of rotatable bonds is 11. The molecule has 0 aliphatic carbocycles. The van der Waals surface area contributed by atoms with Crippen LogP contribution in [0.3, 0.4) is 0 Å². The molecule has 4 rings (SSSR count). The Morgan fingerprint density at radius 1 is 0.617 bits per heavy atom. The summed E-state index contributed by atoms with van der Waals surface area (Å²) in [6, 6.07) is 29.3. The maximum Gasteiger partial charge on any atom is 0.162 e. The molecule has 1 N–H and O–H groups in total. The minimum Gasteiger partial charge on any atom is -0.508 e. The van der Waals surface area contributed by atoms with Crippen molar-refractivity contribution < 1.29 is 28.4 Å². The van der Waals surface area contributed by atoms with Gasteiger partial charge in [0.2, 0.25) is 0 Å². The van der Waals surface area contributed by atoms with E-state index in [4.69, 9.17) is 23.3 Å². The molecule has 0 fully saturated rings. The van der Waals surface area contributed by atoms with Crippen LogP contribution in [0.5, 0.6) is 34.5 Å². The van der Waals surface area contributed by atoms with E-state index in [0.29, 0.717) is 20.2 Å². The van der Waals surface area contributed by atoms with Gasteiger partial charge in [0.25, 0.3) is 0 Å². The Kier molecular flexibility index (Phi) is 13.4. The van der Waals surface area contributed by atoms with E-state index in [-0.39, 0.29) is 19.6 Å². The third kappa shape index (κ3) is 10.8. The van der Waals surface area contributed by atoms with Crippen molar-refractivity contribution in [1.82, 2.24) is 0 Å². The number of phenols is 1. The van der Waals surface area contributed by atoms with Gasteiger partial charge >= 0.3 is 0 Å². The number of aromatic hydroxyl groups is 1. The number of benzene rings is 4. The van der Waals surface area contributed by atoms with Crippen LogP contribution in [0.1, 0.15) is 67.9 Å². The van der Waals surface area contributed by atoms with Gasteiger partial charge in [-0.15, -0.1) is 0 Å². The van der Waals surface area contributed by atoms with Crippen molar-refractivity contribution in [3.05, 3.63) is 96.6 Å². The summed E-state index contributed by atoms with van der Waals surface area (Å²) in [4.78, 5) is 0. The van der Waals surface area contributed by atoms with Gasteiger partial charge in [-0.3, -0.25) is 0 Å². The first-order valence-corrected chi connectivity index (χ1v) is 17.7. The molecule has 0 amide bonds. The molecule has 8 heteroatoms. The zero-order chi connectivity index (χ0) is 34.8. The topological polar surface area (TPSA) is 66.4 Å². The van der Waals surface area contributed by atoms with Crippen LogP contribution < -0.4 is 23.3 Å². The van der Waals surface area contributed by atoms with E-state index in [1.54, 1.807) is 26.4 Å². The first-order valence-electron chi connectivity index (χ1n) is 15.8. The lowest BCUT2D eigenvalue weighted by molar-refractivity contribution is 0.0605. The van der Waals surface area contributed by atoms with Gasteiger partial charge in [-0.05, 0) is 66.9 Å². The zero-order valence-electron chi connectivity index (χ0n) is 29.7. The molecule has 0 aliphatic heterocycles. The number of methoxy groups -OCH3 is 2. The maximum absolute atomic E-state index is 9.61. The van der Waals surface area contributed by atoms with E-state index in [1.807, 2.05) is 66.7 Å². The first kappa shape index (κ1) is 38.0. The fraction of sp³-hybridized carbons (Fsp3) is 0.385. The van der Waals surface area contributed by atoms with E-state index < -0.39 is 5.34 Å². The molecule has 6 nitrogen and oxygen atoms in total. The minimum absolute atomic E-state index is 0.0569. The highest BCUT2D eigenvalue weighted by molar-refractivity contribution is 7.34. The van der Waals surface area contributed by atoms with Crippen molar-refractivity contribution in [1.29, 1.82) is 0 Å². The van der Waals surface area contributed by atoms with Gasteiger partial charge in [0.1, 0.15) is 43.3 Å². The fourth-order valence-electron chi connectivity index (χ4n) is 4.34. The SMILES string of the molecule is COc1ccc(O)c(C(C)(C)C)c1.COc1ccc(OC(C)(POc2ccccc2-c2ccccc2OPC(C)C)C(C)(C)C)cc1. The van der Waals surface area contributed by atoms with Crippen molar-refractivity contribution in [3.63, 3.8) is 0 Å². The standard InChI is InChI=1S/C28H36O4P2.C11H16O2/c1-20(2)33-31-25-14-10-8-12-23(25)24-13-9-11-15-26(24)32-34-28(6,27(3,4)5)30-22-18-16-21(29-7)17-19-22;1-11(2,3)9-7-8(13-4)5-6-10(9)12/h8-20,33-34H,1-7H3;5-7,12H,1-4H3. The van der Waals surface area contributed by atoms with Crippen molar-refractivity contribution in [2.24, 2.45) is 5.41 Å². The summed E-state index contributed by atoms with van der Waals surface area (Å²) in [5.41, 5.74) is 3.21. The Morgan fingerprint density at radius 3 is 1.60 bits per heavy atom. The quantitative estimate of drug-likeness (QED) is 0.159. The predicted octanol–water partition coefficient (Wildman–Crippen LogP) is 11.3. The van der Waals surface area contributed by atoms with E-state index >= 15 is 0 Å². The molecule has 4 aromatic rings. The lowest BCUT2D eigenvalue weighted by Gasteiger charge is -2.41. The predicted molar refractivity (Wildman–Crippen MR) is 200 cm³/mol. The second kappa shape index (κ2) is 16.6. The molecule has 0 saturated carbocycles. The van der Waals surface area contributed by atoms with Crippen LogP contribution >= 0.6 is 17.6 Å². The molecule has 47 heavy (non-hydrogen) atoms. The average Bonchev–Trinajstić information content (AvgIpc) is 3.03. The van der Waals surface area contributed by atoms with E-state index in [1.165, 1.54) is 0 Å². The minimum atomic E-state index is -0.552. The van der Waals surface area contributed by atoms with Gasteiger partial charge in [0.05, 0.1) is 23.0 Å². The smallest absolute Gasteiger partial charge is 0.162 e. The van der Waals surface area contributed by atoms with Gasteiger partial charge in [-0.2, -0.15) is 0 Å². The fourth-order valence-corrected chi connectivity index (χ4v) is 5.83. The monoisotopic (exact) mass is 678 g/mol. The highest BCUT2D eigenvalue weighted by Gasteiger charge is 2.42. The number of hydrogen-bond donors (Lipinski definition) is 1. The summed E-state index contributed by atoms with van der Waals surface area (Å²) in [5, 5.41) is 9.06. The van der Waals surface area contributed by atoms with Crippen LogP contribution in [-0.4, -0.2) is 30.3 Å². The van der Waals surface area contributed by atoms with Gasteiger partial charge in [-0.25, -0.2) is 0 Å². The number of para-hydroxylation sites is 2. The second-order valence-corrected chi connectivity index (χ2v) is 16.7. The first-order chi connectivity index (χ1) is 22.1. The highest BCUT2D eigenvalue weighted by atomic mass is 31.1. The van der Waals surface area contributed by atoms with Gasteiger partial charge in [0.15, 0.2) is 5.34 Å². The molecule has 0 heterocycles. The van der Waals surface area contributed by atoms with Crippen molar-refractivity contribution in [3.8, 4) is 45.6 Å². The molecule has 3 atom stereocenters. The van der Waals surface area contributed by atoms with Crippen LogP contribution in [0, 0.1) is 5.41 Å². The molecule has 0 aromatic heterocycles. The molecular weight excluding hydrogens is 626 g/mol. The van der Waals surface area contributed by atoms with Gasteiger partial charge in [-0.1, -0.05) is 91.8 Å². The van der Waals surface area contributed by atoms with Gasteiger partial charge in [0, 0.05) is 27.8 Å².